The van der Waals surface area contributed by atoms with Gasteiger partial charge in [-0.2, -0.15) is 0 Å². The van der Waals surface area contributed by atoms with E-state index in [0.29, 0.717) is 12.1 Å². The lowest BCUT2D eigenvalue weighted by Crippen LogP contribution is -2.42. The number of hydrogen-bond donors (Lipinski definition) is 3. The number of rotatable bonds is 4. The van der Waals surface area contributed by atoms with Crippen LogP contribution < -0.4 is 16.4 Å². The molecule has 1 unspecified atom stereocenters. The smallest absolute Gasteiger partial charge is 0.249 e. The zero-order valence-electron chi connectivity index (χ0n) is 10.1. The summed E-state index contributed by atoms with van der Waals surface area (Å²) in [7, 11) is 0. The molecule has 0 radical (unpaired) electrons. The Morgan fingerprint density at radius 3 is 3.11 bits per heavy atom. The summed E-state index contributed by atoms with van der Waals surface area (Å²) in [5.74, 6) is -0.344. The molecular formula is C12H17N3O2S. The summed E-state index contributed by atoms with van der Waals surface area (Å²) in [6, 6.07) is 1.64. The van der Waals surface area contributed by atoms with E-state index in [-0.39, 0.29) is 11.9 Å². The molecule has 0 aliphatic carbocycles. The number of hydrogen-bond acceptors (Lipinski definition) is 4. The van der Waals surface area contributed by atoms with Crippen LogP contribution in [-0.4, -0.2) is 24.4 Å². The summed E-state index contributed by atoms with van der Waals surface area (Å²) in [6.07, 6.45) is 2.95. The molecule has 6 heteroatoms. The Balaban J connectivity index is 1.89. The van der Waals surface area contributed by atoms with Crippen molar-refractivity contribution in [2.75, 3.05) is 6.54 Å². The average molecular weight is 267 g/mol. The van der Waals surface area contributed by atoms with Gasteiger partial charge in [0, 0.05) is 23.3 Å². The minimum Gasteiger partial charge on any atom is -0.366 e. The first-order chi connectivity index (χ1) is 8.66. The highest BCUT2D eigenvalue weighted by Gasteiger charge is 2.19. The molecule has 2 rings (SSSR count). The molecular weight excluding hydrogens is 250 g/mol. The molecule has 1 aliphatic rings. The Morgan fingerprint density at radius 1 is 1.56 bits per heavy atom. The minimum absolute atomic E-state index is 0.0687. The molecule has 4 N–H and O–H groups in total. The Labute approximate surface area is 110 Å². The highest BCUT2D eigenvalue weighted by molar-refractivity contribution is 7.10. The molecule has 18 heavy (non-hydrogen) atoms. The summed E-state index contributed by atoms with van der Waals surface area (Å²) in [5, 5.41) is 7.85. The number of carbonyl (C=O) groups is 2. The van der Waals surface area contributed by atoms with Gasteiger partial charge in [0.05, 0.1) is 11.6 Å². The zero-order valence-corrected chi connectivity index (χ0v) is 10.9. The summed E-state index contributed by atoms with van der Waals surface area (Å²) in [4.78, 5) is 23.7. The second-order valence-corrected chi connectivity index (χ2v) is 5.38. The van der Waals surface area contributed by atoms with Crippen molar-refractivity contribution in [1.82, 2.24) is 10.6 Å². The molecule has 98 valence electrons. The van der Waals surface area contributed by atoms with Crippen molar-refractivity contribution in [3.05, 3.63) is 21.9 Å². The van der Waals surface area contributed by atoms with Crippen LogP contribution in [0.25, 0.3) is 0 Å². The summed E-state index contributed by atoms with van der Waals surface area (Å²) < 4.78 is 0. The first-order valence-corrected chi connectivity index (χ1v) is 6.93. The first kappa shape index (κ1) is 13.0. The maximum atomic E-state index is 11.7. The molecule has 1 aromatic heterocycles. The molecule has 1 saturated heterocycles. The number of thiophene rings is 1. The fourth-order valence-corrected chi connectivity index (χ4v) is 2.78. The van der Waals surface area contributed by atoms with Gasteiger partial charge in [-0.3, -0.25) is 9.59 Å². The van der Waals surface area contributed by atoms with Crippen LogP contribution >= 0.6 is 11.3 Å². The Kier molecular flexibility index (Phi) is 4.33. The van der Waals surface area contributed by atoms with Crippen LogP contribution in [0.4, 0.5) is 0 Å². The Morgan fingerprint density at radius 2 is 2.39 bits per heavy atom. The molecule has 2 heterocycles. The van der Waals surface area contributed by atoms with Crippen LogP contribution in [0.2, 0.25) is 0 Å². The molecule has 0 saturated carbocycles. The third-order valence-corrected chi connectivity index (χ3v) is 3.93. The van der Waals surface area contributed by atoms with Gasteiger partial charge < -0.3 is 16.4 Å². The molecule has 0 aromatic carbocycles. The van der Waals surface area contributed by atoms with Crippen molar-refractivity contribution in [2.24, 2.45) is 5.73 Å². The van der Waals surface area contributed by atoms with Crippen molar-refractivity contribution in [1.29, 1.82) is 0 Å². The standard InChI is InChI=1S/C12H17N3O2S/c13-11(16)8-5-9(18-7-8)6-15-10-3-1-2-4-14-12(10)17/h5,7,10,15H,1-4,6H2,(H2,13,16)(H,14,17). The van der Waals surface area contributed by atoms with Gasteiger partial charge in [0.15, 0.2) is 0 Å². The number of nitrogens with two attached hydrogens (primary N) is 1. The average Bonchev–Trinajstić information content (AvgIpc) is 2.72. The summed E-state index contributed by atoms with van der Waals surface area (Å²) in [5.41, 5.74) is 5.72. The van der Waals surface area contributed by atoms with Gasteiger partial charge in [-0.25, -0.2) is 0 Å². The first-order valence-electron chi connectivity index (χ1n) is 6.05. The number of nitrogens with one attached hydrogen (secondary N) is 2. The van der Waals surface area contributed by atoms with Crippen LogP contribution in [0, 0.1) is 0 Å². The van der Waals surface area contributed by atoms with Gasteiger partial charge in [-0.15, -0.1) is 11.3 Å². The Bertz CT molecular complexity index is 444. The molecule has 1 fully saturated rings. The van der Waals surface area contributed by atoms with Crippen molar-refractivity contribution in [3.8, 4) is 0 Å². The third kappa shape index (κ3) is 3.30. The van der Waals surface area contributed by atoms with Crippen LogP contribution in [0.5, 0.6) is 0 Å². The van der Waals surface area contributed by atoms with E-state index in [1.165, 1.54) is 11.3 Å². The second kappa shape index (κ2) is 5.97. The highest BCUT2D eigenvalue weighted by Crippen LogP contribution is 2.15. The topological polar surface area (TPSA) is 84.2 Å². The molecule has 0 spiro atoms. The van der Waals surface area contributed by atoms with Crippen LogP contribution in [-0.2, 0) is 11.3 Å². The van der Waals surface area contributed by atoms with Crippen molar-refractivity contribution in [3.63, 3.8) is 0 Å². The maximum absolute atomic E-state index is 11.7. The largest absolute Gasteiger partial charge is 0.366 e. The van der Waals surface area contributed by atoms with Gasteiger partial charge in [-0.05, 0) is 25.3 Å². The monoisotopic (exact) mass is 267 g/mol. The highest BCUT2D eigenvalue weighted by atomic mass is 32.1. The van der Waals surface area contributed by atoms with Crippen LogP contribution in [0.3, 0.4) is 0 Å². The number of carbonyl (C=O) groups excluding carboxylic acids is 2. The normalized spacial score (nSPS) is 20.2. The van der Waals surface area contributed by atoms with E-state index in [1.54, 1.807) is 11.4 Å². The number of amides is 2. The quantitative estimate of drug-likeness (QED) is 0.747. The van der Waals surface area contributed by atoms with E-state index >= 15 is 0 Å². The van der Waals surface area contributed by atoms with Crippen molar-refractivity contribution < 1.29 is 9.59 Å². The van der Waals surface area contributed by atoms with E-state index in [9.17, 15) is 9.59 Å². The van der Waals surface area contributed by atoms with Gasteiger partial charge in [0.1, 0.15) is 0 Å². The molecule has 5 nitrogen and oxygen atoms in total. The Hall–Kier alpha value is -1.40. The molecule has 0 bridgehead atoms. The number of primary amides is 1. The lowest BCUT2D eigenvalue weighted by Gasteiger charge is -2.14. The predicted octanol–water partition coefficient (Wildman–Crippen LogP) is 0.605. The summed E-state index contributed by atoms with van der Waals surface area (Å²) in [6.45, 7) is 1.36. The van der Waals surface area contributed by atoms with Gasteiger partial charge in [0.2, 0.25) is 11.8 Å². The lowest BCUT2D eigenvalue weighted by molar-refractivity contribution is -0.122. The van der Waals surface area contributed by atoms with E-state index < -0.39 is 5.91 Å². The molecule has 1 aliphatic heterocycles. The fourth-order valence-electron chi connectivity index (χ4n) is 1.96. The lowest BCUT2D eigenvalue weighted by atomic mass is 10.1. The molecule has 1 aromatic rings. The second-order valence-electron chi connectivity index (χ2n) is 4.39. The van der Waals surface area contributed by atoms with Crippen LogP contribution in [0.1, 0.15) is 34.5 Å². The minimum atomic E-state index is -0.412. The third-order valence-electron chi connectivity index (χ3n) is 3.00. The van der Waals surface area contributed by atoms with Gasteiger partial charge >= 0.3 is 0 Å². The van der Waals surface area contributed by atoms with Gasteiger partial charge in [-0.1, -0.05) is 0 Å². The summed E-state index contributed by atoms with van der Waals surface area (Å²) >= 11 is 1.48. The van der Waals surface area contributed by atoms with E-state index in [4.69, 9.17) is 5.73 Å². The van der Waals surface area contributed by atoms with Gasteiger partial charge in [0.25, 0.3) is 0 Å². The zero-order chi connectivity index (χ0) is 13.0. The van der Waals surface area contributed by atoms with E-state index in [0.717, 1.165) is 30.7 Å². The fraction of sp³-hybridized carbons (Fsp3) is 0.500. The maximum Gasteiger partial charge on any atom is 0.249 e. The van der Waals surface area contributed by atoms with Crippen LogP contribution in [0.15, 0.2) is 11.4 Å². The van der Waals surface area contributed by atoms with E-state index in [1.807, 2.05) is 0 Å². The van der Waals surface area contributed by atoms with Crippen molar-refractivity contribution >= 4 is 23.2 Å². The van der Waals surface area contributed by atoms with Crippen molar-refractivity contribution in [2.45, 2.75) is 31.8 Å². The molecule has 1 atom stereocenters. The van der Waals surface area contributed by atoms with E-state index in [2.05, 4.69) is 10.6 Å². The molecule has 2 amide bonds. The SMILES string of the molecule is NC(=O)c1csc(CNC2CCCCNC2=O)c1. The predicted molar refractivity (Wildman–Crippen MR) is 70.3 cm³/mol.